The van der Waals surface area contributed by atoms with Crippen LogP contribution in [0.4, 0.5) is 5.13 Å². The van der Waals surface area contributed by atoms with Crippen LogP contribution < -0.4 is 14.8 Å². The van der Waals surface area contributed by atoms with Crippen LogP contribution in [-0.2, 0) is 0 Å². The molecule has 0 bridgehead atoms. The number of nitrogens with zero attached hydrogens (tertiary/aromatic N) is 4. The van der Waals surface area contributed by atoms with Crippen LogP contribution >= 0.6 is 22.9 Å². The number of anilines is 1. The van der Waals surface area contributed by atoms with Crippen LogP contribution in [0.25, 0.3) is 16.3 Å². The van der Waals surface area contributed by atoms with Crippen molar-refractivity contribution >= 4 is 34.0 Å². The van der Waals surface area contributed by atoms with E-state index in [2.05, 4.69) is 20.6 Å². The summed E-state index contributed by atoms with van der Waals surface area (Å²) in [5.41, 5.74) is 2.35. The standard InChI is InChI=1S/C21H18ClN5O3S/c1-12-17(18(22)27(26-12)14-7-5-4-6-8-14)19(28)23-21-25-24-20(31-21)13-9-10-15(29-2)16(11-13)30-3/h4-11H,1-3H3,(H,23,25,28). The molecule has 0 aliphatic heterocycles. The molecule has 8 nitrogen and oxygen atoms in total. The lowest BCUT2D eigenvalue weighted by molar-refractivity contribution is 0.102. The molecule has 0 unspecified atom stereocenters. The van der Waals surface area contributed by atoms with Gasteiger partial charge in [-0.3, -0.25) is 10.1 Å². The van der Waals surface area contributed by atoms with E-state index in [9.17, 15) is 4.79 Å². The van der Waals surface area contributed by atoms with Crippen LogP contribution in [-0.4, -0.2) is 40.1 Å². The molecule has 0 aliphatic rings. The molecule has 0 radical (unpaired) electrons. The molecule has 0 spiro atoms. The topological polar surface area (TPSA) is 91.2 Å². The van der Waals surface area contributed by atoms with Gasteiger partial charge in [0.2, 0.25) is 5.13 Å². The third kappa shape index (κ3) is 4.10. The summed E-state index contributed by atoms with van der Waals surface area (Å²) in [5, 5.41) is 16.6. The highest BCUT2D eigenvalue weighted by atomic mass is 35.5. The Kier molecular flexibility index (Phi) is 5.88. The van der Waals surface area contributed by atoms with Gasteiger partial charge in [0.25, 0.3) is 5.91 Å². The Hall–Kier alpha value is -3.43. The second-order valence-electron chi connectivity index (χ2n) is 6.43. The maximum absolute atomic E-state index is 12.9. The average molecular weight is 456 g/mol. The molecule has 4 aromatic rings. The van der Waals surface area contributed by atoms with Gasteiger partial charge < -0.3 is 9.47 Å². The summed E-state index contributed by atoms with van der Waals surface area (Å²) >= 11 is 7.71. The SMILES string of the molecule is COc1ccc(-c2nnc(NC(=O)c3c(C)nn(-c4ccccc4)c3Cl)s2)cc1OC. The van der Waals surface area contributed by atoms with E-state index in [0.29, 0.717) is 27.3 Å². The Morgan fingerprint density at radius 1 is 1.06 bits per heavy atom. The highest BCUT2D eigenvalue weighted by Gasteiger charge is 2.22. The summed E-state index contributed by atoms with van der Waals surface area (Å²) in [5.74, 6) is 0.793. The van der Waals surface area contributed by atoms with Gasteiger partial charge in [-0.1, -0.05) is 41.1 Å². The third-order valence-electron chi connectivity index (χ3n) is 4.51. The lowest BCUT2D eigenvalue weighted by Gasteiger charge is -2.07. The quantitative estimate of drug-likeness (QED) is 0.456. The summed E-state index contributed by atoms with van der Waals surface area (Å²) < 4.78 is 12.1. The number of para-hydroxylation sites is 1. The largest absolute Gasteiger partial charge is 0.493 e. The molecule has 1 amide bonds. The first-order chi connectivity index (χ1) is 15.0. The molecule has 0 aliphatic carbocycles. The maximum atomic E-state index is 12.9. The number of carbonyl (C=O) groups excluding carboxylic acids is 1. The number of methoxy groups -OCH3 is 2. The lowest BCUT2D eigenvalue weighted by Crippen LogP contribution is -2.13. The van der Waals surface area contributed by atoms with Crippen molar-refractivity contribution in [3.05, 3.63) is 64.9 Å². The van der Waals surface area contributed by atoms with Gasteiger partial charge in [0.1, 0.15) is 15.7 Å². The molecule has 0 saturated carbocycles. The fourth-order valence-corrected chi connectivity index (χ4v) is 4.11. The van der Waals surface area contributed by atoms with Gasteiger partial charge in [-0.2, -0.15) is 5.10 Å². The zero-order valence-electron chi connectivity index (χ0n) is 16.9. The van der Waals surface area contributed by atoms with Gasteiger partial charge in [0.15, 0.2) is 11.5 Å². The van der Waals surface area contributed by atoms with Crippen molar-refractivity contribution in [2.24, 2.45) is 0 Å². The maximum Gasteiger partial charge on any atom is 0.262 e. The first-order valence-corrected chi connectivity index (χ1v) is 10.4. The Balaban J connectivity index is 1.57. The Bertz CT molecular complexity index is 1240. The molecule has 1 N–H and O–H groups in total. The van der Waals surface area contributed by atoms with E-state index in [1.54, 1.807) is 33.3 Å². The fourth-order valence-electron chi connectivity index (χ4n) is 3.02. The first-order valence-electron chi connectivity index (χ1n) is 9.19. The molecule has 0 saturated heterocycles. The molecule has 158 valence electrons. The smallest absolute Gasteiger partial charge is 0.262 e. The average Bonchev–Trinajstić information content (AvgIpc) is 3.37. The second kappa shape index (κ2) is 8.75. The molecule has 2 aromatic heterocycles. The summed E-state index contributed by atoms with van der Waals surface area (Å²) in [7, 11) is 3.14. The zero-order valence-corrected chi connectivity index (χ0v) is 18.5. The fraction of sp³-hybridized carbons (Fsp3) is 0.143. The molecule has 31 heavy (non-hydrogen) atoms. The highest BCUT2D eigenvalue weighted by Crippen LogP contribution is 2.34. The van der Waals surface area contributed by atoms with Crippen molar-refractivity contribution in [3.63, 3.8) is 0 Å². The summed E-state index contributed by atoms with van der Waals surface area (Å²) in [6.07, 6.45) is 0. The summed E-state index contributed by atoms with van der Waals surface area (Å²) in [4.78, 5) is 12.9. The van der Waals surface area contributed by atoms with Crippen LogP contribution in [0.3, 0.4) is 0 Å². The van der Waals surface area contributed by atoms with E-state index in [4.69, 9.17) is 21.1 Å². The minimum Gasteiger partial charge on any atom is -0.493 e. The molecule has 0 fully saturated rings. The molecule has 2 aromatic carbocycles. The van der Waals surface area contributed by atoms with E-state index in [1.807, 2.05) is 36.4 Å². The summed E-state index contributed by atoms with van der Waals surface area (Å²) in [6, 6.07) is 14.8. The van der Waals surface area contributed by atoms with Crippen molar-refractivity contribution in [2.75, 3.05) is 19.5 Å². The highest BCUT2D eigenvalue weighted by molar-refractivity contribution is 7.18. The number of nitrogens with one attached hydrogen (secondary N) is 1. The minimum atomic E-state index is -0.403. The number of benzene rings is 2. The van der Waals surface area contributed by atoms with Gasteiger partial charge in [0.05, 0.1) is 25.6 Å². The van der Waals surface area contributed by atoms with E-state index in [0.717, 1.165) is 11.3 Å². The van der Waals surface area contributed by atoms with Crippen molar-refractivity contribution in [1.29, 1.82) is 0 Å². The number of halogens is 1. The predicted molar refractivity (Wildman–Crippen MR) is 120 cm³/mol. The molecular weight excluding hydrogens is 438 g/mol. The molecule has 10 heteroatoms. The molecule has 2 heterocycles. The van der Waals surface area contributed by atoms with Crippen molar-refractivity contribution < 1.29 is 14.3 Å². The van der Waals surface area contributed by atoms with Crippen LogP contribution in [0.5, 0.6) is 11.5 Å². The number of amides is 1. The number of aromatic nitrogens is 4. The Morgan fingerprint density at radius 3 is 2.52 bits per heavy atom. The third-order valence-corrected chi connectivity index (χ3v) is 5.74. The van der Waals surface area contributed by atoms with E-state index < -0.39 is 5.91 Å². The van der Waals surface area contributed by atoms with Gasteiger partial charge in [-0.05, 0) is 37.3 Å². The number of hydrogen-bond acceptors (Lipinski definition) is 7. The number of hydrogen-bond donors (Lipinski definition) is 1. The number of rotatable bonds is 6. The van der Waals surface area contributed by atoms with E-state index in [-0.39, 0.29) is 10.7 Å². The van der Waals surface area contributed by atoms with Crippen LogP contribution in [0, 0.1) is 6.92 Å². The van der Waals surface area contributed by atoms with Gasteiger partial charge in [-0.25, -0.2) is 4.68 Å². The first kappa shape index (κ1) is 20.8. The van der Waals surface area contributed by atoms with E-state index in [1.165, 1.54) is 16.0 Å². The van der Waals surface area contributed by atoms with Gasteiger partial charge >= 0.3 is 0 Å². The van der Waals surface area contributed by atoms with Crippen LogP contribution in [0.2, 0.25) is 5.15 Å². The van der Waals surface area contributed by atoms with Crippen LogP contribution in [0.15, 0.2) is 48.5 Å². The van der Waals surface area contributed by atoms with Crippen molar-refractivity contribution in [3.8, 4) is 27.8 Å². The monoisotopic (exact) mass is 455 g/mol. The zero-order chi connectivity index (χ0) is 22.0. The number of aryl methyl sites for hydroxylation is 1. The second-order valence-corrected chi connectivity index (χ2v) is 7.77. The van der Waals surface area contributed by atoms with Crippen molar-refractivity contribution in [2.45, 2.75) is 6.92 Å². The van der Waals surface area contributed by atoms with E-state index >= 15 is 0 Å². The van der Waals surface area contributed by atoms with Gasteiger partial charge in [0, 0.05) is 5.56 Å². The Labute approximate surface area is 187 Å². The summed E-state index contributed by atoms with van der Waals surface area (Å²) in [6.45, 7) is 1.73. The molecule has 0 atom stereocenters. The van der Waals surface area contributed by atoms with Crippen molar-refractivity contribution in [1.82, 2.24) is 20.0 Å². The lowest BCUT2D eigenvalue weighted by atomic mass is 10.2. The van der Waals surface area contributed by atoms with Crippen LogP contribution in [0.1, 0.15) is 16.1 Å². The van der Waals surface area contributed by atoms with Gasteiger partial charge in [-0.15, -0.1) is 10.2 Å². The Morgan fingerprint density at radius 2 is 1.81 bits per heavy atom. The minimum absolute atomic E-state index is 0.228. The number of carbonyl (C=O) groups is 1. The normalized spacial score (nSPS) is 10.7. The predicted octanol–water partition coefficient (Wildman–Crippen LogP) is 4.62. The molecular formula is C21H18ClN5O3S. The number of ether oxygens (including phenoxy) is 2. The molecule has 4 rings (SSSR count).